The van der Waals surface area contributed by atoms with Crippen molar-refractivity contribution in [2.45, 2.75) is 39.0 Å². The minimum atomic E-state index is 0.401. The SMILES string of the molecule is CCCCOc1ccc(NCCCCCN)c(N=O)c1. The molecule has 0 fully saturated rings. The van der Waals surface area contributed by atoms with Gasteiger partial charge in [0.2, 0.25) is 0 Å². The van der Waals surface area contributed by atoms with Gasteiger partial charge in [0.25, 0.3) is 0 Å². The summed E-state index contributed by atoms with van der Waals surface area (Å²) in [5.74, 6) is 0.696. The summed E-state index contributed by atoms with van der Waals surface area (Å²) in [6, 6.07) is 5.40. The summed E-state index contributed by atoms with van der Waals surface area (Å²) in [4.78, 5) is 10.9. The summed E-state index contributed by atoms with van der Waals surface area (Å²) >= 11 is 0. The predicted octanol–water partition coefficient (Wildman–Crippen LogP) is 3.80. The minimum Gasteiger partial charge on any atom is -0.494 e. The highest BCUT2D eigenvalue weighted by atomic mass is 16.5. The highest BCUT2D eigenvalue weighted by Crippen LogP contribution is 2.29. The number of nitrogens with two attached hydrogens (primary N) is 1. The largest absolute Gasteiger partial charge is 0.494 e. The van der Waals surface area contributed by atoms with Crippen LogP contribution in [0.3, 0.4) is 0 Å². The van der Waals surface area contributed by atoms with E-state index in [1.807, 2.05) is 12.1 Å². The van der Waals surface area contributed by atoms with Crippen molar-refractivity contribution in [3.8, 4) is 5.75 Å². The smallest absolute Gasteiger partial charge is 0.134 e. The first-order valence-corrected chi connectivity index (χ1v) is 7.36. The Balaban J connectivity index is 2.48. The highest BCUT2D eigenvalue weighted by Gasteiger charge is 2.05. The number of hydrogen-bond donors (Lipinski definition) is 2. The van der Waals surface area contributed by atoms with E-state index in [0.717, 1.165) is 50.9 Å². The van der Waals surface area contributed by atoms with Crippen molar-refractivity contribution < 1.29 is 4.74 Å². The third-order valence-electron chi connectivity index (χ3n) is 3.03. The Hall–Kier alpha value is -1.62. The summed E-state index contributed by atoms with van der Waals surface area (Å²) < 4.78 is 5.56. The van der Waals surface area contributed by atoms with Crippen LogP contribution in [0.5, 0.6) is 5.75 Å². The second-order valence-electron chi connectivity index (χ2n) is 4.75. The third-order valence-corrected chi connectivity index (χ3v) is 3.03. The van der Waals surface area contributed by atoms with Crippen molar-refractivity contribution in [1.29, 1.82) is 0 Å². The van der Waals surface area contributed by atoms with Crippen molar-refractivity contribution in [3.05, 3.63) is 23.1 Å². The number of nitrogens with zero attached hydrogens (tertiary/aromatic N) is 1. The van der Waals surface area contributed by atoms with E-state index in [9.17, 15) is 4.91 Å². The molecule has 5 nitrogen and oxygen atoms in total. The zero-order valence-electron chi connectivity index (χ0n) is 12.2. The highest BCUT2D eigenvalue weighted by molar-refractivity contribution is 5.67. The van der Waals surface area contributed by atoms with Crippen molar-refractivity contribution in [1.82, 2.24) is 0 Å². The van der Waals surface area contributed by atoms with Crippen LogP contribution >= 0.6 is 0 Å². The van der Waals surface area contributed by atoms with Crippen LogP contribution in [0.1, 0.15) is 39.0 Å². The Kier molecular flexibility index (Phi) is 8.38. The zero-order chi connectivity index (χ0) is 14.6. The Labute approximate surface area is 120 Å². The molecule has 0 saturated carbocycles. The lowest BCUT2D eigenvalue weighted by atomic mass is 10.2. The van der Waals surface area contributed by atoms with Crippen LogP contribution in [0.4, 0.5) is 11.4 Å². The van der Waals surface area contributed by atoms with Crippen LogP contribution < -0.4 is 15.8 Å². The van der Waals surface area contributed by atoms with Crippen molar-refractivity contribution in [3.63, 3.8) is 0 Å². The van der Waals surface area contributed by atoms with E-state index in [0.29, 0.717) is 18.0 Å². The van der Waals surface area contributed by atoms with E-state index in [-0.39, 0.29) is 0 Å². The first-order valence-electron chi connectivity index (χ1n) is 7.36. The van der Waals surface area contributed by atoms with Gasteiger partial charge < -0.3 is 15.8 Å². The summed E-state index contributed by atoms with van der Waals surface area (Å²) in [6.45, 7) is 4.32. The van der Waals surface area contributed by atoms with Gasteiger partial charge in [-0.2, -0.15) is 0 Å². The lowest BCUT2D eigenvalue weighted by Crippen LogP contribution is -2.04. The molecule has 1 aromatic carbocycles. The van der Waals surface area contributed by atoms with Gasteiger partial charge >= 0.3 is 0 Å². The monoisotopic (exact) mass is 279 g/mol. The van der Waals surface area contributed by atoms with E-state index in [4.69, 9.17) is 10.5 Å². The number of rotatable bonds is 11. The molecule has 0 amide bonds. The van der Waals surface area contributed by atoms with Crippen LogP contribution in [0.15, 0.2) is 23.4 Å². The maximum Gasteiger partial charge on any atom is 0.134 e. The molecule has 0 heterocycles. The summed E-state index contributed by atoms with van der Waals surface area (Å²) in [5, 5.41) is 6.29. The van der Waals surface area contributed by atoms with Gasteiger partial charge in [0.05, 0.1) is 12.3 Å². The van der Waals surface area contributed by atoms with Crippen LogP contribution in [-0.4, -0.2) is 19.7 Å². The summed E-state index contributed by atoms with van der Waals surface area (Å²) in [7, 11) is 0. The average molecular weight is 279 g/mol. The van der Waals surface area contributed by atoms with E-state index in [1.165, 1.54) is 0 Å². The number of hydrogen-bond acceptors (Lipinski definition) is 5. The van der Waals surface area contributed by atoms with E-state index in [1.54, 1.807) is 6.07 Å². The molecule has 1 aromatic rings. The lowest BCUT2D eigenvalue weighted by molar-refractivity contribution is 0.309. The van der Waals surface area contributed by atoms with Gasteiger partial charge in [-0.05, 0) is 43.1 Å². The zero-order valence-corrected chi connectivity index (χ0v) is 12.2. The molecule has 0 aliphatic carbocycles. The maximum absolute atomic E-state index is 10.9. The first kappa shape index (κ1) is 16.4. The molecule has 0 aromatic heterocycles. The standard InChI is InChI=1S/C15H25N3O2/c1-2-3-11-20-13-7-8-14(15(12-13)18-19)17-10-6-4-5-9-16/h7-8,12,17H,2-6,9-11,16H2,1H3. The van der Waals surface area contributed by atoms with Gasteiger partial charge in [-0.3, -0.25) is 0 Å². The second-order valence-corrected chi connectivity index (χ2v) is 4.75. The Bertz CT molecular complexity index is 397. The number of nitroso groups, excluding NO2 is 1. The Morgan fingerprint density at radius 3 is 2.80 bits per heavy atom. The molecule has 0 spiro atoms. The Morgan fingerprint density at radius 2 is 2.10 bits per heavy atom. The molecular formula is C15H25N3O2. The lowest BCUT2D eigenvalue weighted by Gasteiger charge is -2.10. The molecule has 1 rings (SSSR count). The average Bonchev–Trinajstić information content (AvgIpc) is 2.48. The molecule has 0 aliphatic heterocycles. The molecule has 0 radical (unpaired) electrons. The first-order chi connectivity index (χ1) is 9.81. The van der Waals surface area contributed by atoms with Crippen molar-refractivity contribution in [2.75, 3.05) is 25.0 Å². The number of unbranched alkanes of at least 4 members (excludes halogenated alkanes) is 3. The topological polar surface area (TPSA) is 76.7 Å². The number of nitrogens with one attached hydrogen (secondary N) is 1. The summed E-state index contributed by atoms with van der Waals surface area (Å²) in [5.41, 5.74) is 6.60. The van der Waals surface area contributed by atoms with Crippen LogP contribution in [0.25, 0.3) is 0 Å². The molecular weight excluding hydrogens is 254 g/mol. The second kappa shape index (κ2) is 10.2. The molecule has 20 heavy (non-hydrogen) atoms. The normalized spacial score (nSPS) is 10.3. The van der Waals surface area contributed by atoms with E-state index in [2.05, 4.69) is 17.4 Å². The van der Waals surface area contributed by atoms with Gasteiger partial charge in [-0.25, -0.2) is 0 Å². The van der Waals surface area contributed by atoms with Gasteiger partial charge in [-0.15, -0.1) is 4.91 Å². The summed E-state index contributed by atoms with van der Waals surface area (Å²) in [6.07, 6.45) is 5.24. The van der Waals surface area contributed by atoms with Crippen LogP contribution in [-0.2, 0) is 0 Å². The number of ether oxygens (including phenoxy) is 1. The quantitative estimate of drug-likeness (QED) is 0.477. The van der Waals surface area contributed by atoms with Gasteiger partial charge in [0.1, 0.15) is 11.4 Å². The molecule has 0 unspecified atom stereocenters. The maximum atomic E-state index is 10.9. The minimum absolute atomic E-state index is 0.401. The fourth-order valence-electron chi connectivity index (χ4n) is 1.83. The molecule has 0 bridgehead atoms. The van der Waals surface area contributed by atoms with Crippen LogP contribution in [0, 0.1) is 4.91 Å². The number of benzene rings is 1. The third kappa shape index (κ3) is 6.02. The Morgan fingerprint density at radius 1 is 1.25 bits per heavy atom. The number of anilines is 1. The molecule has 5 heteroatoms. The van der Waals surface area contributed by atoms with Crippen LogP contribution in [0.2, 0.25) is 0 Å². The van der Waals surface area contributed by atoms with E-state index >= 15 is 0 Å². The molecule has 112 valence electrons. The fourth-order valence-corrected chi connectivity index (χ4v) is 1.83. The molecule has 0 saturated heterocycles. The van der Waals surface area contributed by atoms with Crippen molar-refractivity contribution in [2.24, 2.45) is 10.9 Å². The van der Waals surface area contributed by atoms with E-state index < -0.39 is 0 Å². The predicted molar refractivity (Wildman–Crippen MR) is 83.7 cm³/mol. The molecule has 0 aliphatic rings. The van der Waals surface area contributed by atoms with Gasteiger partial charge in [0.15, 0.2) is 0 Å². The van der Waals surface area contributed by atoms with Gasteiger partial charge in [-0.1, -0.05) is 19.8 Å². The fraction of sp³-hybridized carbons (Fsp3) is 0.600. The van der Waals surface area contributed by atoms with Crippen molar-refractivity contribution >= 4 is 11.4 Å². The molecule has 3 N–H and O–H groups in total. The molecule has 0 atom stereocenters. The van der Waals surface area contributed by atoms with Gasteiger partial charge in [0, 0.05) is 12.6 Å².